The van der Waals surface area contributed by atoms with Gasteiger partial charge in [-0.05, 0) is 74.9 Å². The number of nitrogens with one attached hydrogen (secondary N) is 2. The predicted octanol–water partition coefficient (Wildman–Crippen LogP) is 7.20. The smallest absolute Gasteiger partial charge is 0.293 e. The Morgan fingerprint density at radius 1 is 0.953 bits per heavy atom. The lowest BCUT2D eigenvalue weighted by Gasteiger charge is -2.24. The Labute approximate surface area is 361 Å². The quantitative estimate of drug-likeness (QED) is 0.107. The first-order valence-corrected chi connectivity index (χ1v) is 21.6. The van der Waals surface area contributed by atoms with Crippen molar-refractivity contribution in [2.24, 2.45) is 5.92 Å². The first kappa shape index (κ1) is 43.3. The van der Waals surface area contributed by atoms with Crippen molar-refractivity contribution >= 4 is 44.3 Å². The lowest BCUT2D eigenvalue weighted by molar-refractivity contribution is -0.123. The number of amides is 1. The van der Waals surface area contributed by atoms with Gasteiger partial charge in [0.05, 0.1) is 32.9 Å². The lowest BCUT2D eigenvalue weighted by Crippen LogP contribution is -2.38. The fourth-order valence-electron chi connectivity index (χ4n) is 8.43. The molecule has 336 valence electrons. The van der Waals surface area contributed by atoms with Crippen molar-refractivity contribution in [1.82, 2.24) is 44.4 Å². The maximum atomic E-state index is 15.5. The van der Waals surface area contributed by atoms with E-state index in [1.54, 1.807) is 19.9 Å². The van der Waals surface area contributed by atoms with Crippen LogP contribution < -0.4 is 15.6 Å². The monoisotopic (exact) mass is 936 g/mol. The highest BCUT2D eigenvalue weighted by molar-refractivity contribution is 7.93. The van der Waals surface area contributed by atoms with Crippen molar-refractivity contribution in [2.45, 2.75) is 88.6 Å². The second-order valence-electron chi connectivity index (χ2n) is 16.0. The van der Waals surface area contributed by atoms with E-state index in [-0.39, 0.29) is 50.7 Å². The summed E-state index contributed by atoms with van der Waals surface area (Å²) < 4.78 is 148. The molecular weight excluding hydrogens is 904 g/mol. The molecule has 0 spiro atoms. The molecule has 1 amide bonds. The third-order valence-corrected chi connectivity index (χ3v) is 13.3. The van der Waals surface area contributed by atoms with Crippen LogP contribution in [0, 0.1) is 31.4 Å². The fourth-order valence-corrected chi connectivity index (χ4v) is 10.0. The molecule has 6 aromatic rings. The number of hydrogen-bond donors (Lipinski definition) is 2. The van der Waals surface area contributed by atoms with Gasteiger partial charge < -0.3 is 5.32 Å². The zero-order valence-corrected chi connectivity index (χ0v) is 34.8. The maximum Gasteiger partial charge on any atom is 0.293 e. The summed E-state index contributed by atoms with van der Waals surface area (Å²) in [6, 6.07) is 5.71. The number of benzene rings is 2. The number of halogens is 9. The zero-order chi connectivity index (χ0) is 45.7. The topological polar surface area (TPSA) is 172 Å². The van der Waals surface area contributed by atoms with Gasteiger partial charge in [-0.3, -0.25) is 28.2 Å². The van der Waals surface area contributed by atoms with Crippen LogP contribution in [0.25, 0.3) is 28.1 Å². The molecule has 0 bridgehead atoms. The van der Waals surface area contributed by atoms with Gasteiger partial charge >= 0.3 is 0 Å². The van der Waals surface area contributed by atoms with Gasteiger partial charge in [0.1, 0.15) is 47.6 Å². The van der Waals surface area contributed by atoms with Crippen LogP contribution in [0.2, 0.25) is 5.02 Å². The van der Waals surface area contributed by atoms with E-state index < -0.39 is 118 Å². The van der Waals surface area contributed by atoms with Crippen molar-refractivity contribution < 1.29 is 48.3 Å². The summed E-state index contributed by atoms with van der Waals surface area (Å²) in [6.45, 7) is 1.04. The summed E-state index contributed by atoms with van der Waals surface area (Å²) in [5.41, 5.74) is -3.13. The third-order valence-electron chi connectivity index (χ3n) is 11.2. The van der Waals surface area contributed by atoms with E-state index >= 15 is 8.78 Å². The van der Waals surface area contributed by atoms with E-state index in [4.69, 9.17) is 11.6 Å². The van der Waals surface area contributed by atoms with Crippen LogP contribution in [0.4, 0.5) is 40.9 Å². The number of carbonyl (C=O) groups is 1. The highest BCUT2D eigenvalue weighted by atomic mass is 35.5. The van der Waals surface area contributed by atoms with Crippen LogP contribution in [-0.2, 0) is 40.3 Å². The van der Waals surface area contributed by atoms with Gasteiger partial charge in [-0.1, -0.05) is 11.6 Å². The molecular formula is C40H33ClF8N10O4S. The van der Waals surface area contributed by atoms with Crippen molar-refractivity contribution in [3.8, 4) is 17.2 Å². The predicted molar refractivity (Wildman–Crippen MR) is 213 cm³/mol. The Morgan fingerprint density at radius 2 is 1.64 bits per heavy atom. The molecule has 3 aliphatic rings. The summed E-state index contributed by atoms with van der Waals surface area (Å²) in [4.78, 5) is 42.3. The average Bonchev–Trinajstić information content (AvgIpc) is 4.11. The van der Waals surface area contributed by atoms with Gasteiger partial charge in [0.15, 0.2) is 11.6 Å². The Bertz CT molecular complexity index is 3040. The highest BCUT2D eigenvalue weighted by Gasteiger charge is 2.67. The normalized spacial score (nSPS) is 18.1. The number of fused-ring (bicyclic) bond motifs is 4. The van der Waals surface area contributed by atoms with Gasteiger partial charge in [-0.25, -0.2) is 49.7 Å². The van der Waals surface area contributed by atoms with Crippen LogP contribution >= 0.6 is 11.6 Å². The number of hydrogen-bond acceptors (Lipinski definition) is 9. The summed E-state index contributed by atoms with van der Waals surface area (Å²) in [6.07, 6.45) is -6.33. The second-order valence-corrected chi connectivity index (χ2v) is 18.4. The highest BCUT2D eigenvalue weighted by Crippen LogP contribution is 2.68. The minimum Gasteiger partial charge on any atom is -0.344 e. The number of anilines is 1. The molecule has 2 N–H and O–H groups in total. The van der Waals surface area contributed by atoms with Gasteiger partial charge in [0.25, 0.3) is 24.3 Å². The SMILES string of the molecule is Cc1cc(C)nc(-c2cc(=O)n(-c3ccc(Cl)c4c(NS(=O)(=O)C5CC5)nn(CC(F)F)c34)c(C(Cc3cc(F)cc(F)c3)NC(=O)Cn3nc(C(F)F)c4c3C(F)(F)[C@@H]3C[C@H]43)n2)n1. The van der Waals surface area contributed by atoms with Crippen LogP contribution in [-0.4, -0.2) is 65.1 Å². The Hall–Kier alpha value is -5.97. The largest absolute Gasteiger partial charge is 0.344 e. The molecule has 64 heavy (non-hydrogen) atoms. The minimum atomic E-state index is -4.08. The fraction of sp³-hybridized carbons (Fsp3) is 0.375. The molecule has 9 rings (SSSR count). The van der Waals surface area contributed by atoms with Crippen LogP contribution in [0.15, 0.2) is 47.3 Å². The van der Waals surface area contributed by atoms with Crippen molar-refractivity contribution in [2.75, 3.05) is 4.72 Å². The van der Waals surface area contributed by atoms with E-state index in [2.05, 4.69) is 35.2 Å². The van der Waals surface area contributed by atoms with Crippen molar-refractivity contribution in [3.05, 3.63) is 109 Å². The molecule has 2 saturated carbocycles. The first-order chi connectivity index (χ1) is 30.2. The number of sulfonamides is 1. The molecule has 1 unspecified atom stereocenters. The van der Waals surface area contributed by atoms with E-state index in [9.17, 15) is 44.3 Å². The number of carbonyl (C=O) groups excluding carboxylic acids is 1. The molecule has 24 heteroatoms. The van der Waals surface area contributed by atoms with Crippen molar-refractivity contribution in [1.29, 1.82) is 0 Å². The summed E-state index contributed by atoms with van der Waals surface area (Å²) in [5, 5.41) is 9.21. The summed E-state index contributed by atoms with van der Waals surface area (Å²) >= 11 is 6.62. The van der Waals surface area contributed by atoms with Crippen LogP contribution in [0.5, 0.6) is 0 Å². The van der Waals surface area contributed by atoms with E-state index in [0.717, 1.165) is 27.4 Å². The molecule has 2 fully saturated rings. The minimum absolute atomic E-state index is 0.0460. The number of aromatic nitrogens is 8. The lowest BCUT2D eigenvalue weighted by atomic mass is 10.0. The molecule has 0 radical (unpaired) electrons. The number of rotatable bonds is 14. The van der Waals surface area contributed by atoms with Gasteiger partial charge in [0, 0.05) is 41.4 Å². The first-order valence-electron chi connectivity index (χ1n) is 19.7. The van der Waals surface area contributed by atoms with Crippen molar-refractivity contribution in [3.63, 3.8) is 0 Å². The summed E-state index contributed by atoms with van der Waals surface area (Å²) in [7, 11) is -4.08. The Kier molecular flexibility index (Phi) is 10.6. The molecule has 2 aromatic carbocycles. The average molecular weight is 937 g/mol. The molecule has 3 aliphatic carbocycles. The Balaban J connectivity index is 1.25. The van der Waals surface area contributed by atoms with Gasteiger partial charge in [-0.15, -0.1) is 0 Å². The standard InChI is InChI=1S/C40H33ClF8N10O4S/c1-16-7-17(2)51-37(50-16)25-13-30(61)59(27-6-5-24(41)32-34(27)57(14-28(44)45)55-38(32)56-64(62,63)21-3-4-21)39(53-25)26(10-18-8-19(42)11-20(43)9-18)52-29(60)15-58-35-31(33(54-58)36(46)47)22-12-23(22)40(35,48)49/h5-9,11,13,21-23,26,28,36H,3-4,10,12,14-15H2,1-2H3,(H,52,60)(H,55,56)/t22-,23+,26?/m0/s1. The van der Waals surface area contributed by atoms with E-state index in [0.29, 0.717) is 35.0 Å². The molecule has 14 nitrogen and oxygen atoms in total. The molecule has 0 aliphatic heterocycles. The third kappa shape index (κ3) is 7.85. The van der Waals surface area contributed by atoms with Gasteiger partial charge in [-0.2, -0.15) is 19.0 Å². The number of nitrogens with zero attached hydrogens (tertiary/aromatic N) is 8. The Morgan fingerprint density at radius 3 is 2.28 bits per heavy atom. The van der Waals surface area contributed by atoms with E-state index in [1.165, 1.54) is 12.1 Å². The number of aryl methyl sites for hydroxylation is 2. The molecule has 0 saturated heterocycles. The van der Waals surface area contributed by atoms with Crippen LogP contribution in [0.3, 0.4) is 0 Å². The number of alkyl halides is 6. The maximum absolute atomic E-state index is 15.5. The molecule has 4 heterocycles. The molecule has 3 atom stereocenters. The molecule has 4 aromatic heterocycles. The summed E-state index contributed by atoms with van der Waals surface area (Å²) in [5.74, 6) is -10.0. The second kappa shape index (κ2) is 15.6. The van der Waals surface area contributed by atoms with E-state index in [1.807, 2.05) is 0 Å². The zero-order valence-electron chi connectivity index (χ0n) is 33.3. The van der Waals surface area contributed by atoms with Gasteiger partial charge in [0.2, 0.25) is 15.9 Å². The van der Waals surface area contributed by atoms with Crippen LogP contribution in [0.1, 0.15) is 77.4 Å².